The lowest BCUT2D eigenvalue weighted by Crippen LogP contribution is -2.24. The average Bonchev–Trinajstić information content (AvgIpc) is 2.25. The van der Waals surface area contributed by atoms with Crippen molar-refractivity contribution in [2.24, 2.45) is 0 Å². The maximum Gasteiger partial charge on any atom is 0.0731 e. The summed E-state index contributed by atoms with van der Waals surface area (Å²) in [5.74, 6) is 0. The van der Waals surface area contributed by atoms with Crippen LogP contribution in [0.3, 0.4) is 0 Å². The van der Waals surface area contributed by atoms with Crippen LogP contribution >= 0.6 is 11.6 Å². The van der Waals surface area contributed by atoms with Crippen molar-refractivity contribution in [3.63, 3.8) is 0 Å². The minimum atomic E-state index is 0.543. The van der Waals surface area contributed by atoms with Crippen LogP contribution in [0, 0.1) is 6.92 Å². The summed E-state index contributed by atoms with van der Waals surface area (Å²) in [4.78, 5) is 0. The standard InChI is InChI=1S/C14H22ClNO/c1-11(2)16-7-4-8-17-10-13-6-5-12(3)9-14(13)15/h5-6,9,11,16H,4,7-8,10H2,1-3H3. The summed E-state index contributed by atoms with van der Waals surface area (Å²) in [6, 6.07) is 6.61. The lowest BCUT2D eigenvalue weighted by atomic mass is 10.2. The minimum absolute atomic E-state index is 0.543. The number of aryl methyl sites for hydroxylation is 1. The van der Waals surface area contributed by atoms with E-state index in [9.17, 15) is 0 Å². The van der Waals surface area contributed by atoms with Crippen LogP contribution in [-0.2, 0) is 11.3 Å². The van der Waals surface area contributed by atoms with E-state index >= 15 is 0 Å². The van der Waals surface area contributed by atoms with Gasteiger partial charge in [0.15, 0.2) is 0 Å². The molecule has 0 fully saturated rings. The third kappa shape index (κ3) is 6.06. The van der Waals surface area contributed by atoms with Crippen molar-refractivity contribution in [1.82, 2.24) is 5.32 Å². The van der Waals surface area contributed by atoms with Gasteiger partial charge in [-0.2, -0.15) is 0 Å². The van der Waals surface area contributed by atoms with E-state index < -0.39 is 0 Å². The molecule has 0 bridgehead atoms. The molecular formula is C14H22ClNO. The van der Waals surface area contributed by atoms with E-state index in [1.165, 1.54) is 5.56 Å². The summed E-state index contributed by atoms with van der Waals surface area (Å²) in [7, 11) is 0. The van der Waals surface area contributed by atoms with Crippen LogP contribution in [-0.4, -0.2) is 19.2 Å². The molecule has 1 aromatic carbocycles. The molecule has 1 aromatic rings. The second kappa shape index (κ2) is 7.70. The number of hydrogen-bond donors (Lipinski definition) is 1. The SMILES string of the molecule is Cc1ccc(COCCCNC(C)C)c(Cl)c1. The van der Waals surface area contributed by atoms with Gasteiger partial charge in [-0.25, -0.2) is 0 Å². The van der Waals surface area contributed by atoms with Crippen molar-refractivity contribution in [2.45, 2.75) is 39.8 Å². The molecular weight excluding hydrogens is 234 g/mol. The lowest BCUT2D eigenvalue weighted by Gasteiger charge is -2.09. The zero-order chi connectivity index (χ0) is 12.7. The van der Waals surface area contributed by atoms with E-state index in [-0.39, 0.29) is 0 Å². The molecule has 0 spiro atoms. The molecule has 0 amide bonds. The van der Waals surface area contributed by atoms with Crippen molar-refractivity contribution in [3.05, 3.63) is 34.3 Å². The van der Waals surface area contributed by atoms with Gasteiger partial charge in [0, 0.05) is 17.7 Å². The zero-order valence-corrected chi connectivity index (χ0v) is 11.7. The summed E-state index contributed by atoms with van der Waals surface area (Å²) in [6.07, 6.45) is 1.03. The van der Waals surface area contributed by atoms with Gasteiger partial charge < -0.3 is 10.1 Å². The van der Waals surface area contributed by atoms with Gasteiger partial charge in [0.25, 0.3) is 0 Å². The molecule has 1 rings (SSSR count). The molecule has 3 heteroatoms. The average molecular weight is 256 g/mol. The first-order chi connectivity index (χ1) is 8.09. The molecule has 0 aliphatic heterocycles. The fourth-order valence-electron chi connectivity index (χ4n) is 1.52. The van der Waals surface area contributed by atoms with Gasteiger partial charge in [0.2, 0.25) is 0 Å². The molecule has 0 unspecified atom stereocenters. The van der Waals surface area contributed by atoms with Crippen molar-refractivity contribution in [3.8, 4) is 0 Å². The molecule has 0 atom stereocenters. The summed E-state index contributed by atoms with van der Waals surface area (Å²) in [5.41, 5.74) is 2.24. The monoisotopic (exact) mass is 255 g/mol. The van der Waals surface area contributed by atoms with E-state index in [4.69, 9.17) is 16.3 Å². The predicted octanol–water partition coefficient (Wildman–Crippen LogP) is 3.55. The first-order valence-electron chi connectivity index (χ1n) is 6.15. The molecule has 0 saturated heterocycles. The van der Waals surface area contributed by atoms with Crippen LogP contribution in [0.5, 0.6) is 0 Å². The number of hydrogen-bond acceptors (Lipinski definition) is 2. The Balaban J connectivity index is 2.18. The molecule has 0 radical (unpaired) electrons. The molecule has 0 aromatic heterocycles. The van der Waals surface area contributed by atoms with Crippen LogP contribution in [0.25, 0.3) is 0 Å². The summed E-state index contributed by atoms with van der Waals surface area (Å²) < 4.78 is 5.60. The quantitative estimate of drug-likeness (QED) is 0.753. The minimum Gasteiger partial charge on any atom is -0.377 e. The Morgan fingerprint density at radius 1 is 1.35 bits per heavy atom. The first-order valence-corrected chi connectivity index (χ1v) is 6.53. The van der Waals surface area contributed by atoms with Gasteiger partial charge in [-0.3, -0.25) is 0 Å². The predicted molar refractivity (Wildman–Crippen MR) is 73.6 cm³/mol. The van der Waals surface area contributed by atoms with Gasteiger partial charge >= 0.3 is 0 Å². The van der Waals surface area contributed by atoms with Crippen molar-refractivity contribution < 1.29 is 4.74 Å². The van der Waals surface area contributed by atoms with E-state index in [1.54, 1.807) is 0 Å². The maximum absolute atomic E-state index is 6.12. The van der Waals surface area contributed by atoms with Crippen LogP contribution in [0.4, 0.5) is 0 Å². The number of rotatable bonds is 7. The molecule has 17 heavy (non-hydrogen) atoms. The molecule has 96 valence electrons. The van der Waals surface area contributed by atoms with Crippen LogP contribution < -0.4 is 5.32 Å². The highest BCUT2D eigenvalue weighted by atomic mass is 35.5. The Bertz CT molecular complexity index is 339. The number of ether oxygens (including phenoxy) is 1. The molecule has 1 N–H and O–H groups in total. The van der Waals surface area contributed by atoms with Crippen molar-refractivity contribution >= 4 is 11.6 Å². The van der Waals surface area contributed by atoms with Crippen molar-refractivity contribution in [2.75, 3.05) is 13.2 Å². The Morgan fingerprint density at radius 3 is 2.76 bits per heavy atom. The Kier molecular flexibility index (Phi) is 6.56. The number of nitrogens with one attached hydrogen (secondary N) is 1. The fourth-order valence-corrected chi connectivity index (χ4v) is 1.81. The third-order valence-corrected chi connectivity index (χ3v) is 2.84. The molecule has 0 saturated carbocycles. The highest BCUT2D eigenvalue weighted by Crippen LogP contribution is 2.18. The molecule has 0 aliphatic carbocycles. The van der Waals surface area contributed by atoms with E-state index in [1.807, 2.05) is 19.1 Å². The maximum atomic E-state index is 6.12. The largest absolute Gasteiger partial charge is 0.377 e. The summed E-state index contributed by atoms with van der Waals surface area (Å²) >= 11 is 6.12. The van der Waals surface area contributed by atoms with Gasteiger partial charge in [0.05, 0.1) is 6.61 Å². The third-order valence-electron chi connectivity index (χ3n) is 2.48. The molecule has 2 nitrogen and oxygen atoms in total. The molecule has 0 heterocycles. The smallest absolute Gasteiger partial charge is 0.0731 e. The van der Waals surface area contributed by atoms with Crippen molar-refractivity contribution in [1.29, 1.82) is 0 Å². The zero-order valence-electron chi connectivity index (χ0n) is 10.9. The van der Waals surface area contributed by atoms with Gasteiger partial charge in [-0.1, -0.05) is 37.6 Å². The fraction of sp³-hybridized carbons (Fsp3) is 0.571. The Labute approximate surface area is 109 Å². The second-order valence-electron chi connectivity index (χ2n) is 4.61. The van der Waals surface area contributed by atoms with E-state index in [0.29, 0.717) is 12.6 Å². The second-order valence-corrected chi connectivity index (χ2v) is 5.02. The lowest BCUT2D eigenvalue weighted by molar-refractivity contribution is 0.118. The van der Waals surface area contributed by atoms with Gasteiger partial charge in [-0.05, 0) is 37.1 Å². The summed E-state index contributed by atoms with van der Waals surface area (Å²) in [5, 5.41) is 4.15. The van der Waals surface area contributed by atoms with Crippen LogP contribution in [0.15, 0.2) is 18.2 Å². The van der Waals surface area contributed by atoms with Gasteiger partial charge in [0.1, 0.15) is 0 Å². The Morgan fingerprint density at radius 2 is 2.12 bits per heavy atom. The van der Waals surface area contributed by atoms with Crippen LogP contribution in [0.2, 0.25) is 5.02 Å². The molecule has 0 aliphatic rings. The number of halogens is 1. The van der Waals surface area contributed by atoms with E-state index in [0.717, 1.165) is 30.2 Å². The number of benzene rings is 1. The van der Waals surface area contributed by atoms with Crippen LogP contribution in [0.1, 0.15) is 31.4 Å². The highest BCUT2D eigenvalue weighted by Gasteiger charge is 2.00. The van der Waals surface area contributed by atoms with E-state index in [2.05, 4.69) is 25.2 Å². The highest BCUT2D eigenvalue weighted by molar-refractivity contribution is 6.31. The van der Waals surface area contributed by atoms with Gasteiger partial charge in [-0.15, -0.1) is 0 Å². The normalized spacial score (nSPS) is 11.1. The Hall–Kier alpha value is -0.570. The topological polar surface area (TPSA) is 21.3 Å². The summed E-state index contributed by atoms with van der Waals surface area (Å²) in [6.45, 7) is 8.69. The first kappa shape index (κ1) is 14.5.